The predicted octanol–water partition coefficient (Wildman–Crippen LogP) is 5.22. The van der Waals surface area contributed by atoms with Crippen molar-refractivity contribution in [3.63, 3.8) is 0 Å². The van der Waals surface area contributed by atoms with Gasteiger partial charge < -0.3 is 14.4 Å². The lowest BCUT2D eigenvalue weighted by molar-refractivity contribution is 0.219. The number of aliphatic hydroxyl groups is 1. The van der Waals surface area contributed by atoms with Crippen molar-refractivity contribution in [2.45, 2.75) is 13.0 Å². The summed E-state index contributed by atoms with van der Waals surface area (Å²) in [4.78, 5) is 4.02. The first-order valence-electron chi connectivity index (χ1n) is 9.27. The van der Waals surface area contributed by atoms with Crippen molar-refractivity contribution in [2.24, 2.45) is 0 Å². The van der Waals surface area contributed by atoms with Gasteiger partial charge in [0.25, 0.3) is 0 Å². The lowest BCUT2D eigenvalue weighted by Gasteiger charge is -2.14. The van der Waals surface area contributed by atoms with E-state index in [-0.39, 0.29) is 28.1 Å². The molecule has 4 rings (SSSR count). The van der Waals surface area contributed by atoms with E-state index >= 15 is 0 Å². The number of rotatable bonds is 5. The molecule has 2 aromatic heterocycles. The predicted molar refractivity (Wildman–Crippen MR) is 107 cm³/mol. The molecule has 0 aliphatic carbocycles. The monoisotopic (exact) mass is 426 g/mol. The molecule has 1 N–H and O–H groups in total. The maximum absolute atomic E-state index is 14.7. The van der Waals surface area contributed by atoms with E-state index in [0.717, 1.165) is 6.07 Å². The summed E-state index contributed by atoms with van der Waals surface area (Å²) in [5.74, 6) is -2.04. The van der Waals surface area contributed by atoms with Crippen LogP contribution in [0.3, 0.4) is 0 Å². The number of halogens is 3. The van der Waals surface area contributed by atoms with Gasteiger partial charge >= 0.3 is 0 Å². The molecule has 1 atom stereocenters. The Balaban J connectivity index is 1.95. The zero-order chi connectivity index (χ0) is 22.1. The number of aliphatic hydroxyl groups excluding tert-OH is 1. The minimum Gasteiger partial charge on any atom is -0.495 e. The van der Waals surface area contributed by atoms with Crippen LogP contribution >= 0.6 is 0 Å². The van der Waals surface area contributed by atoms with Crippen LogP contribution in [0, 0.1) is 24.4 Å². The molecule has 0 fully saturated rings. The highest BCUT2D eigenvalue weighted by Crippen LogP contribution is 2.41. The van der Waals surface area contributed by atoms with Crippen LogP contribution in [0.5, 0.6) is 5.75 Å². The Morgan fingerprint density at radius 1 is 0.968 bits per heavy atom. The van der Waals surface area contributed by atoms with Gasteiger partial charge in [-0.25, -0.2) is 13.2 Å². The van der Waals surface area contributed by atoms with Gasteiger partial charge in [0, 0.05) is 23.4 Å². The average Bonchev–Trinajstić information content (AvgIpc) is 3.17. The fraction of sp³-hybridized carbons (Fsp3) is 0.130. The van der Waals surface area contributed by atoms with Gasteiger partial charge in [-0.2, -0.15) is 0 Å². The fourth-order valence-electron chi connectivity index (χ4n) is 3.29. The van der Waals surface area contributed by atoms with Gasteiger partial charge in [0.15, 0.2) is 5.76 Å². The molecule has 1 unspecified atom stereocenters. The molecule has 0 amide bonds. The topological polar surface area (TPSA) is 68.4 Å². The Kier molecular flexibility index (Phi) is 5.48. The largest absolute Gasteiger partial charge is 0.495 e. The van der Waals surface area contributed by atoms with Crippen LogP contribution < -0.4 is 4.74 Å². The average molecular weight is 426 g/mol. The summed E-state index contributed by atoms with van der Waals surface area (Å²) in [6, 6.07) is 8.92. The summed E-state index contributed by atoms with van der Waals surface area (Å²) >= 11 is 0. The van der Waals surface area contributed by atoms with Gasteiger partial charge in [0.1, 0.15) is 35.0 Å². The van der Waals surface area contributed by atoms with E-state index in [0.29, 0.717) is 22.9 Å². The van der Waals surface area contributed by atoms with E-state index < -0.39 is 23.6 Å². The van der Waals surface area contributed by atoms with Crippen molar-refractivity contribution < 1.29 is 27.5 Å². The molecule has 31 heavy (non-hydrogen) atoms. The van der Waals surface area contributed by atoms with Gasteiger partial charge in [0.2, 0.25) is 0 Å². The summed E-state index contributed by atoms with van der Waals surface area (Å²) in [7, 11) is 1.44. The summed E-state index contributed by atoms with van der Waals surface area (Å²) < 4.78 is 53.2. The molecule has 0 saturated carbocycles. The number of aryl methyl sites for hydroxylation is 1. The van der Waals surface area contributed by atoms with Gasteiger partial charge in [-0.05, 0) is 42.8 Å². The van der Waals surface area contributed by atoms with Crippen LogP contribution in [-0.2, 0) is 0 Å². The summed E-state index contributed by atoms with van der Waals surface area (Å²) in [6.07, 6.45) is 1.43. The zero-order valence-corrected chi connectivity index (χ0v) is 16.6. The molecule has 0 bridgehead atoms. The third-order valence-corrected chi connectivity index (χ3v) is 4.84. The Bertz CT molecular complexity index is 1190. The van der Waals surface area contributed by atoms with E-state index in [1.165, 1.54) is 43.8 Å². The molecular weight excluding hydrogens is 409 g/mol. The van der Waals surface area contributed by atoms with Gasteiger partial charge in [0.05, 0.1) is 24.4 Å². The van der Waals surface area contributed by atoms with Crippen molar-refractivity contribution in [1.29, 1.82) is 0 Å². The maximum Gasteiger partial charge on any atom is 0.176 e. The minimum atomic E-state index is -1.41. The Morgan fingerprint density at radius 2 is 1.71 bits per heavy atom. The maximum atomic E-state index is 14.7. The Labute approximate surface area is 175 Å². The number of hydrogen-bond donors (Lipinski definition) is 1. The highest BCUT2D eigenvalue weighted by Gasteiger charge is 2.29. The van der Waals surface area contributed by atoms with Crippen LogP contribution in [0.15, 0.2) is 59.4 Å². The molecule has 2 aromatic carbocycles. The molecule has 158 valence electrons. The first kappa shape index (κ1) is 20.6. The first-order valence-corrected chi connectivity index (χ1v) is 9.27. The van der Waals surface area contributed by atoms with Gasteiger partial charge in [-0.3, -0.25) is 4.98 Å². The Hall–Kier alpha value is -3.65. The van der Waals surface area contributed by atoms with Crippen LogP contribution in [0.1, 0.15) is 22.8 Å². The smallest absolute Gasteiger partial charge is 0.176 e. The van der Waals surface area contributed by atoms with E-state index in [4.69, 9.17) is 9.26 Å². The van der Waals surface area contributed by atoms with E-state index in [9.17, 15) is 18.3 Å². The molecule has 8 heteroatoms. The molecule has 0 aliphatic heterocycles. The zero-order valence-electron chi connectivity index (χ0n) is 16.6. The van der Waals surface area contributed by atoms with Crippen molar-refractivity contribution in [1.82, 2.24) is 10.1 Å². The summed E-state index contributed by atoms with van der Waals surface area (Å²) in [5.41, 5.74) is 0.925. The molecule has 0 saturated heterocycles. The molecular formula is C23H17F3N2O3. The second-order valence-corrected chi connectivity index (χ2v) is 6.94. The number of benzene rings is 2. The fourth-order valence-corrected chi connectivity index (χ4v) is 3.29. The van der Waals surface area contributed by atoms with Crippen molar-refractivity contribution in [3.8, 4) is 28.3 Å². The lowest BCUT2D eigenvalue weighted by Crippen LogP contribution is -2.04. The van der Waals surface area contributed by atoms with Gasteiger partial charge in [-0.15, -0.1) is 0 Å². The number of methoxy groups -OCH3 is 1. The van der Waals surface area contributed by atoms with Crippen LogP contribution in [0.25, 0.3) is 22.6 Å². The lowest BCUT2D eigenvalue weighted by atomic mass is 9.94. The SMILES string of the molecule is COc1cncc(C(O)c2c(-c3ccc(C)cc3F)noc2-c2ccc(F)cc2F)c1. The molecule has 0 radical (unpaired) electrons. The highest BCUT2D eigenvalue weighted by molar-refractivity contribution is 5.75. The second kappa shape index (κ2) is 8.23. The normalized spacial score (nSPS) is 12.1. The minimum absolute atomic E-state index is 0.00783. The second-order valence-electron chi connectivity index (χ2n) is 6.94. The van der Waals surface area contributed by atoms with Gasteiger partial charge in [-0.1, -0.05) is 11.2 Å². The molecule has 5 nitrogen and oxygen atoms in total. The number of ether oxygens (including phenoxy) is 1. The third kappa shape index (κ3) is 3.89. The number of aromatic nitrogens is 2. The highest BCUT2D eigenvalue weighted by atomic mass is 19.1. The Morgan fingerprint density at radius 3 is 2.42 bits per heavy atom. The van der Waals surface area contributed by atoms with E-state index in [1.807, 2.05) is 0 Å². The van der Waals surface area contributed by atoms with Crippen LogP contribution in [0.4, 0.5) is 13.2 Å². The third-order valence-electron chi connectivity index (χ3n) is 4.84. The molecule has 0 aliphatic rings. The van der Waals surface area contributed by atoms with E-state index in [1.54, 1.807) is 13.0 Å². The number of hydrogen-bond acceptors (Lipinski definition) is 5. The quantitative estimate of drug-likeness (QED) is 0.474. The van der Waals surface area contributed by atoms with Crippen molar-refractivity contribution in [3.05, 3.63) is 89.0 Å². The number of pyridine rings is 1. The van der Waals surface area contributed by atoms with Crippen LogP contribution in [0.2, 0.25) is 0 Å². The summed E-state index contributed by atoms with van der Waals surface area (Å²) in [6.45, 7) is 1.73. The standard InChI is InChI=1S/C23H17F3N2O3/c1-12-3-5-16(18(25)7-12)21-20(22(29)13-8-15(30-2)11-27-10-13)23(31-28-21)17-6-4-14(24)9-19(17)26/h3-11,22,29H,1-2H3. The number of nitrogens with zero attached hydrogens (tertiary/aromatic N) is 2. The van der Waals surface area contributed by atoms with Crippen LogP contribution in [-0.4, -0.2) is 22.4 Å². The van der Waals surface area contributed by atoms with Crippen molar-refractivity contribution >= 4 is 0 Å². The molecule has 0 spiro atoms. The first-order chi connectivity index (χ1) is 14.9. The summed E-state index contributed by atoms with van der Waals surface area (Å²) in [5, 5.41) is 15.1. The molecule has 2 heterocycles. The van der Waals surface area contributed by atoms with Crippen molar-refractivity contribution in [2.75, 3.05) is 7.11 Å². The van der Waals surface area contributed by atoms with E-state index in [2.05, 4.69) is 10.1 Å². The molecule has 4 aromatic rings.